The van der Waals surface area contributed by atoms with Gasteiger partial charge in [-0.2, -0.15) is 0 Å². The summed E-state index contributed by atoms with van der Waals surface area (Å²) in [6.07, 6.45) is 7.07. The van der Waals surface area contributed by atoms with E-state index in [-0.39, 0.29) is 6.10 Å². The molecule has 0 radical (unpaired) electrons. The molecule has 86 valence electrons. The Morgan fingerprint density at radius 2 is 2.00 bits per heavy atom. The van der Waals surface area contributed by atoms with Crippen LogP contribution in [0.5, 0.6) is 0 Å². The standard InChI is InChI=1S/C14H24O/c1-9(2)11-6-7-14(15)12-5-4-10(3)8-13(11)12/h8-9,11-15H,4-7H2,1-3H3/t11-,12+,13-,14+/m0/s1. The van der Waals surface area contributed by atoms with Gasteiger partial charge in [0, 0.05) is 0 Å². The SMILES string of the molecule is CC1=C[C@@H]2[C@@H](CC1)[C@H](O)CC[C@H]2C(C)C. The summed E-state index contributed by atoms with van der Waals surface area (Å²) in [5.74, 6) is 2.76. The third-order valence-corrected chi connectivity index (χ3v) is 4.48. The summed E-state index contributed by atoms with van der Waals surface area (Å²) < 4.78 is 0. The van der Waals surface area contributed by atoms with E-state index in [0.717, 1.165) is 18.3 Å². The Morgan fingerprint density at radius 3 is 2.67 bits per heavy atom. The van der Waals surface area contributed by atoms with Crippen LogP contribution in [-0.2, 0) is 0 Å². The van der Waals surface area contributed by atoms with E-state index in [9.17, 15) is 5.11 Å². The molecule has 4 atom stereocenters. The fraction of sp³-hybridized carbons (Fsp3) is 0.857. The molecule has 0 spiro atoms. The lowest BCUT2D eigenvalue weighted by molar-refractivity contribution is -0.000989. The van der Waals surface area contributed by atoms with Crippen molar-refractivity contribution in [3.63, 3.8) is 0 Å². The van der Waals surface area contributed by atoms with E-state index in [1.54, 1.807) is 0 Å². The number of aliphatic hydroxyl groups is 1. The van der Waals surface area contributed by atoms with Crippen LogP contribution in [0.3, 0.4) is 0 Å². The van der Waals surface area contributed by atoms with E-state index in [0.29, 0.717) is 11.8 Å². The highest BCUT2D eigenvalue weighted by atomic mass is 16.3. The van der Waals surface area contributed by atoms with E-state index in [4.69, 9.17) is 0 Å². The van der Waals surface area contributed by atoms with Crippen LogP contribution in [0.15, 0.2) is 11.6 Å². The summed E-state index contributed by atoms with van der Waals surface area (Å²) in [4.78, 5) is 0. The van der Waals surface area contributed by atoms with E-state index >= 15 is 0 Å². The molecule has 15 heavy (non-hydrogen) atoms. The van der Waals surface area contributed by atoms with Crippen molar-refractivity contribution in [1.29, 1.82) is 0 Å². The third kappa shape index (κ3) is 2.13. The van der Waals surface area contributed by atoms with Crippen molar-refractivity contribution in [3.8, 4) is 0 Å². The van der Waals surface area contributed by atoms with Crippen molar-refractivity contribution < 1.29 is 5.11 Å². The van der Waals surface area contributed by atoms with Crippen molar-refractivity contribution in [1.82, 2.24) is 0 Å². The fourth-order valence-electron chi connectivity index (χ4n) is 3.56. The van der Waals surface area contributed by atoms with Crippen LogP contribution in [0.2, 0.25) is 0 Å². The van der Waals surface area contributed by atoms with Gasteiger partial charge in [-0.1, -0.05) is 25.5 Å². The Labute approximate surface area is 93.6 Å². The van der Waals surface area contributed by atoms with Crippen molar-refractivity contribution in [2.75, 3.05) is 0 Å². The molecule has 1 nitrogen and oxygen atoms in total. The zero-order valence-corrected chi connectivity index (χ0v) is 10.2. The van der Waals surface area contributed by atoms with Gasteiger partial charge in [0.15, 0.2) is 0 Å². The average Bonchev–Trinajstić information content (AvgIpc) is 2.17. The predicted octanol–water partition coefficient (Wildman–Crippen LogP) is 3.39. The largest absolute Gasteiger partial charge is 0.393 e. The molecule has 2 rings (SSSR count). The summed E-state index contributed by atoms with van der Waals surface area (Å²) in [5.41, 5.74) is 1.54. The number of allylic oxidation sites excluding steroid dienone is 2. The zero-order valence-electron chi connectivity index (χ0n) is 10.2. The minimum absolute atomic E-state index is 0.0330. The van der Waals surface area contributed by atoms with Crippen molar-refractivity contribution in [2.24, 2.45) is 23.7 Å². The molecular weight excluding hydrogens is 184 g/mol. The highest BCUT2D eigenvalue weighted by molar-refractivity contribution is 5.11. The normalized spacial score (nSPS) is 41.3. The lowest BCUT2D eigenvalue weighted by Gasteiger charge is -2.44. The summed E-state index contributed by atoms with van der Waals surface area (Å²) in [7, 11) is 0. The number of aliphatic hydroxyl groups excluding tert-OH is 1. The number of fused-ring (bicyclic) bond motifs is 1. The molecule has 0 aromatic heterocycles. The second kappa shape index (κ2) is 4.29. The lowest BCUT2D eigenvalue weighted by atomic mass is 9.63. The van der Waals surface area contributed by atoms with Gasteiger partial charge in [-0.05, 0) is 56.3 Å². The first-order valence-electron chi connectivity index (χ1n) is 6.45. The molecule has 1 heteroatoms. The molecule has 0 bridgehead atoms. The summed E-state index contributed by atoms with van der Waals surface area (Å²) in [5, 5.41) is 10.1. The zero-order chi connectivity index (χ0) is 11.0. The molecule has 1 N–H and O–H groups in total. The molecule has 2 aliphatic rings. The predicted molar refractivity (Wildman–Crippen MR) is 63.5 cm³/mol. The van der Waals surface area contributed by atoms with Crippen LogP contribution in [-0.4, -0.2) is 11.2 Å². The molecule has 0 unspecified atom stereocenters. The highest BCUT2D eigenvalue weighted by Gasteiger charge is 2.39. The first-order chi connectivity index (χ1) is 7.09. The van der Waals surface area contributed by atoms with Gasteiger partial charge in [-0.15, -0.1) is 0 Å². The van der Waals surface area contributed by atoms with Gasteiger partial charge in [0.2, 0.25) is 0 Å². The molecule has 0 aromatic carbocycles. The lowest BCUT2D eigenvalue weighted by Crippen LogP contribution is -2.40. The molecule has 2 aliphatic carbocycles. The Morgan fingerprint density at radius 1 is 1.27 bits per heavy atom. The summed E-state index contributed by atoms with van der Waals surface area (Å²) >= 11 is 0. The van der Waals surface area contributed by atoms with Crippen LogP contribution < -0.4 is 0 Å². The van der Waals surface area contributed by atoms with Gasteiger partial charge < -0.3 is 5.11 Å². The molecule has 0 aromatic rings. The molecule has 0 heterocycles. The Hall–Kier alpha value is -0.300. The quantitative estimate of drug-likeness (QED) is 0.655. The Bertz CT molecular complexity index is 254. The first-order valence-corrected chi connectivity index (χ1v) is 6.45. The molecule has 1 fully saturated rings. The first kappa shape index (κ1) is 11.2. The van der Waals surface area contributed by atoms with E-state index in [1.165, 1.54) is 24.8 Å². The van der Waals surface area contributed by atoms with Crippen LogP contribution in [0.1, 0.15) is 46.5 Å². The van der Waals surface area contributed by atoms with Gasteiger partial charge in [-0.3, -0.25) is 0 Å². The van der Waals surface area contributed by atoms with E-state index in [1.807, 2.05) is 0 Å². The number of rotatable bonds is 1. The van der Waals surface area contributed by atoms with E-state index < -0.39 is 0 Å². The van der Waals surface area contributed by atoms with Crippen molar-refractivity contribution in [3.05, 3.63) is 11.6 Å². The van der Waals surface area contributed by atoms with Crippen LogP contribution in [0.4, 0.5) is 0 Å². The second-order valence-electron chi connectivity index (χ2n) is 5.85. The monoisotopic (exact) mass is 208 g/mol. The summed E-state index contributed by atoms with van der Waals surface area (Å²) in [6.45, 7) is 6.91. The van der Waals surface area contributed by atoms with Crippen molar-refractivity contribution in [2.45, 2.75) is 52.6 Å². The van der Waals surface area contributed by atoms with Crippen LogP contribution >= 0.6 is 0 Å². The molecule has 0 amide bonds. The number of hydrogen-bond acceptors (Lipinski definition) is 1. The van der Waals surface area contributed by atoms with Gasteiger partial charge in [-0.25, -0.2) is 0 Å². The maximum atomic E-state index is 10.1. The third-order valence-electron chi connectivity index (χ3n) is 4.48. The van der Waals surface area contributed by atoms with Gasteiger partial charge in [0.25, 0.3) is 0 Å². The molecular formula is C14H24O. The van der Waals surface area contributed by atoms with Crippen molar-refractivity contribution >= 4 is 0 Å². The molecule has 0 saturated heterocycles. The smallest absolute Gasteiger partial charge is 0.0574 e. The maximum absolute atomic E-state index is 10.1. The second-order valence-corrected chi connectivity index (χ2v) is 5.85. The Balaban J connectivity index is 2.20. The van der Waals surface area contributed by atoms with Crippen LogP contribution in [0, 0.1) is 23.7 Å². The summed E-state index contributed by atoms with van der Waals surface area (Å²) in [6, 6.07) is 0. The average molecular weight is 208 g/mol. The topological polar surface area (TPSA) is 20.2 Å². The van der Waals surface area contributed by atoms with Crippen LogP contribution in [0.25, 0.3) is 0 Å². The molecule has 0 aliphatic heterocycles. The van der Waals surface area contributed by atoms with Gasteiger partial charge in [0.05, 0.1) is 6.10 Å². The van der Waals surface area contributed by atoms with E-state index in [2.05, 4.69) is 26.8 Å². The molecule has 1 saturated carbocycles. The van der Waals surface area contributed by atoms with Gasteiger partial charge >= 0.3 is 0 Å². The maximum Gasteiger partial charge on any atom is 0.0574 e. The Kier molecular flexibility index (Phi) is 3.20. The number of hydrogen-bond donors (Lipinski definition) is 1. The highest BCUT2D eigenvalue weighted by Crippen LogP contribution is 2.45. The minimum atomic E-state index is -0.0330. The minimum Gasteiger partial charge on any atom is -0.393 e. The van der Waals surface area contributed by atoms with Gasteiger partial charge in [0.1, 0.15) is 0 Å². The fourth-order valence-corrected chi connectivity index (χ4v) is 3.56.